The number of urea groups is 1. The summed E-state index contributed by atoms with van der Waals surface area (Å²) in [7, 11) is -2.86. The molecule has 0 saturated heterocycles. The standard InChI is InChI=1S/C24H22N4O6S/c1-28(24(31)27-18-11-8-16(9-12-18)21(25)26)22(29)17-10-13-19(15-6-4-3-5-7-15)20(14-17)23(30)34-35(2,32)33/h3-14H,1-2H3,(H3,25,26)(H,27,31). The summed E-state index contributed by atoms with van der Waals surface area (Å²) >= 11 is 0. The fourth-order valence-corrected chi connectivity index (χ4v) is 3.49. The van der Waals surface area contributed by atoms with Gasteiger partial charge in [0.25, 0.3) is 5.91 Å². The molecule has 0 fully saturated rings. The van der Waals surface area contributed by atoms with Crippen molar-refractivity contribution in [1.82, 2.24) is 4.90 Å². The fraction of sp³-hybridized carbons (Fsp3) is 0.0833. The third-order valence-corrected chi connectivity index (χ3v) is 5.31. The van der Waals surface area contributed by atoms with Crippen molar-refractivity contribution in [1.29, 1.82) is 5.41 Å². The van der Waals surface area contributed by atoms with Crippen LogP contribution < -0.4 is 11.1 Å². The van der Waals surface area contributed by atoms with Gasteiger partial charge >= 0.3 is 22.1 Å². The first-order valence-corrected chi connectivity index (χ1v) is 11.9. The minimum atomic E-state index is -4.11. The Balaban J connectivity index is 1.89. The van der Waals surface area contributed by atoms with Crippen LogP contribution in [0.5, 0.6) is 0 Å². The van der Waals surface area contributed by atoms with Crippen molar-refractivity contribution >= 4 is 39.5 Å². The first-order chi connectivity index (χ1) is 16.5. The summed E-state index contributed by atoms with van der Waals surface area (Å²) in [5.74, 6) is -2.02. The summed E-state index contributed by atoms with van der Waals surface area (Å²) in [5.41, 5.74) is 7.03. The van der Waals surface area contributed by atoms with Crippen molar-refractivity contribution < 1.29 is 27.0 Å². The molecule has 0 spiro atoms. The summed E-state index contributed by atoms with van der Waals surface area (Å²) in [6, 6.07) is 18.2. The number of nitrogens with zero attached hydrogens (tertiary/aromatic N) is 1. The van der Waals surface area contributed by atoms with Crippen LogP contribution in [-0.2, 0) is 14.3 Å². The fourth-order valence-electron chi connectivity index (χ4n) is 3.12. The molecule has 10 nitrogen and oxygen atoms in total. The number of nitrogens with two attached hydrogens (primary N) is 1. The Morgan fingerprint density at radius 3 is 2.11 bits per heavy atom. The smallest absolute Gasteiger partial charge is 0.354 e. The zero-order valence-electron chi connectivity index (χ0n) is 18.8. The molecular weight excluding hydrogens is 472 g/mol. The van der Waals surface area contributed by atoms with Crippen molar-refractivity contribution in [2.45, 2.75) is 0 Å². The number of hydrogen-bond donors (Lipinski definition) is 3. The van der Waals surface area contributed by atoms with Gasteiger partial charge in [0.2, 0.25) is 0 Å². The zero-order chi connectivity index (χ0) is 25.8. The third-order valence-electron chi connectivity index (χ3n) is 4.85. The molecule has 0 radical (unpaired) electrons. The van der Waals surface area contributed by atoms with Crippen molar-refractivity contribution in [3.05, 3.63) is 89.5 Å². The summed E-state index contributed by atoms with van der Waals surface area (Å²) in [6.45, 7) is 0. The number of rotatable bonds is 6. The topological polar surface area (TPSA) is 160 Å². The van der Waals surface area contributed by atoms with Gasteiger partial charge < -0.3 is 15.2 Å². The number of benzene rings is 3. The minimum absolute atomic E-state index is 0.0327. The molecule has 3 aromatic rings. The van der Waals surface area contributed by atoms with E-state index in [0.29, 0.717) is 22.4 Å². The second-order valence-electron chi connectivity index (χ2n) is 7.49. The number of carbonyl (C=O) groups excluding carboxylic acids is 3. The maximum Gasteiger partial charge on any atom is 0.354 e. The highest BCUT2D eigenvalue weighted by atomic mass is 32.2. The van der Waals surface area contributed by atoms with Crippen LogP contribution >= 0.6 is 0 Å². The Morgan fingerprint density at radius 2 is 1.54 bits per heavy atom. The van der Waals surface area contributed by atoms with Crippen LogP contribution in [0.2, 0.25) is 0 Å². The number of nitrogen functional groups attached to an aromatic ring is 1. The van der Waals surface area contributed by atoms with Gasteiger partial charge in [-0.05, 0) is 47.5 Å². The molecule has 0 saturated carbocycles. The van der Waals surface area contributed by atoms with Gasteiger partial charge in [-0.25, -0.2) is 9.59 Å². The number of hydrogen-bond acceptors (Lipinski definition) is 7. The van der Waals surface area contributed by atoms with E-state index in [0.717, 1.165) is 11.2 Å². The number of carbonyl (C=O) groups is 3. The van der Waals surface area contributed by atoms with Crippen molar-refractivity contribution in [3.8, 4) is 11.1 Å². The van der Waals surface area contributed by atoms with Gasteiger partial charge in [-0.2, -0.15) is 8.42 Å². The Hall–Kier alpha value is -4.51. The molecule has 0 atom stereocenters. The SMILES string of the molecule is CN(C(=O)Nc1ccc(C(=N)N)cc1)C(=O)c1ccc(-c2ccccc2)c(C(=O)OS(C)(=O)=O)c1. The number of anilines is 1. The van der Waals surface area contributed by atoms with E-state index in [2.05, 4.69) is 9.50 Å². The minimum Gasteiger partial charge on any atom is -0.384 e. The third kappa shape index (κ3) is 6.30. The quantitative estimate of drug-likeness (QED) is 0.270. The molecule has 0 unspecified atom stereocenters. The molecule has 3 amide bonds. The van der Waals surface area contributed by atoms with Crippen LogP contribution in [0.15, 0.2) is 72.8 Å². The highest BCUT2D eigenvalue weighted by Gasteiger charge is 2.24. The normalized spacial score (nSPS) is 10.8. The zero-order valence-corrected chi connectivity index (χ0v) is 19.6. The van der Waals surface area contributed by atoms with Crippen molar-refractivity contribution in [3.63, 3.8) is 0 Å². The Morgan fingerprint density at radius 1 is 0.943 bits per heavy atom. The predicted octanol–water partition coefficient (Wildman–Crippen LogP) is 3.06. The first-order valence-electron chi connectivity index (χ1n) is 10.1. The van der Waals surface area contributed by atoms with Gasteiger partial charge in [0.15, 0.2) is 0 Å². The second kappa shape index (κ2) is 10.2. The van der Waals surface area contributed by atoms with Gasteiger partial charge in [0, 0.05) is 23.9 Å². The van der Waals surface area contributed by atoms with Crippen molar-refractivity contribution in [2.75, 3.05) is 18.6 Å². The number of imide groups is 1. The number of amidine groups is 1. The van der Waals surface area contributed by atoms with E-state index in [1.807, 2.05) is 0 Å². The highest BCUT2D eigenvalue weighted by Crippen LogP contribution is 2.26. The van der Waals surface area contributed by atoms with Crippen LogP contribution in [0, 0.1) is 5.41 Å². The molecule has 0 aliphatic carbocycles. The Kier molecular flexibility index (Phi) is 7.31. The van der Waals surface area contributed by atoms with Gasteiger partial charge in [0.1, 0.15) is 5.84 Å². The van der Waals surface area contributed by atoms with Gasteiger partial charge in [-0.1, -0.05) is 36.4 Å². The molecule has 11 heteroatoms. The molecule has 180 valence electrons. The second-order valence-corrected chi connectivity index (χ2v) is 9.06. The van der Waals surface area contributed by atoms with E-state index in [9.17, 15) is 22.8 Å². The van der Waals surface area contributed by atoms with Crippen molar-refractivity contribution in [2.24, 2.45) is 5.73 Å². The molecule has 0 bridgehead atoms. The number of nitrogens with one attached hydrogen (secondary N) is 2. The molecule has 0 aliphatic rings. The van der Waals surface area contributed by atoms with Crippen LogP contribution in [0.3, 0.4) is 0 Å². The van der Waals surface area contributed by atoms with E-state index >= 15 is 0 Å². The molecular formula is C24H22N4O6S. The first kappa shape index (κ1) is 25.1. The molecule has 0 aromatic heterocycles. The molecule has 4 N–H and O–H groups in total. The maximum absolute atomic E-state index is 13.0. The Labute approximate surface area is 202 Å². The lowest BCUT2D eigenvalue weighted by Crippen LogP contribution is -2.36. The summed E-state index contributed by atoms with van der Waals surface area (Å²) in [5, 5.41) is 9.95. The maximum atomic E-state index is 13.0. The molecule has 0 aliphatic heterocycles. The predicted molar refractivity (Wildman–Crippen MR) is 131 cm³/mol. The lowest BCUT2D eigenvalue weighted by molar-refractivity contribution is 0.0749. The van der Waals surface area contributed by atoms with Crippen LogP contribution in [-0.4, -0.2) is 50.4 Å². The summed E-state index contributed by atoms with van der Waals surface area (Å²) in [4.78, 5) is 39.0. The monoisotopic (exact) mass is 494 g/mol. The van der Waals surface area contributed by atoms with Gasteiger partial charge in [-0.15, -0.1) is 0 Å². The van der Waals surface area contributed by atoms with Crippen LogP contribution in [0.1, 0.15) is 26.3 Å². The van der Waals surface area contributed by atoms with Crippen LogP contribution in [0.25, 0.3) is 11.1 Å². The summed E-state index contributed by atoms with van der Waals surface area (Å²) in [6.07, 6.45) is 0.739. The average Bonchev–Trinajstić information content (AvgIpc) is 2.82. The molecule has 0 heterocycles. The molecule has 3 rings (SSSR count). The molecule has 35 heavy (non-hydrogen) atoms. The van der Waals surface area contributed by atoms with Crippen LogP contribution in [0.4, 0.5) is 10.5 Å². The van der Waals surface area contributed by atoms with E-state index < -0.39 is 28.0 Å². The van der Waals surface area contributed by atoms with E-state index in [4.69, 9.17) is 11.1 Å². The lowest BCUT2D eigenvalue weighted by Gasteiger charge is -2.18. The largest absolute Gasteiger partial charge is 0.384 e. The lowest BCUT2D eigenvalue weighted by atomic mass is 9.97. The molecule has 3 aromatic carbocycles. The highest BCUT2D eigenvalue weighted by molar-refractivity contribution is 7.86. The van der Waals surface area contributed by atoms with Gasteiger partial charge in [0.05, 0.1) is 11.8 Å². The van der Waals surface area contributed by atoms with E-state index in [1.54, 1.807) is 42.5 Å². The van der Waals surface area contributed by atoms with E-state index in [-0.39, 0.29) is 17.0 Å². The van der Waals surface area contributed by atoms with Gasteiger partial charge in [-0.3, -0.25) is 15.1 Å². The Bertz CT molecular complexity index is 1400. The number of amides is 3. The average molecular weight is 495 g/mol. The summed E-state index contributed by atoms with van der Waals surface area (Å²) < 4.78 is 27.6. The van der Waals surface area contributed by atoms with E-state index in [1.165, 1.54) is 37.4 Å².